The normalized spacial score (nSPS) is 11.6. The Balaban J connectivity index is 2.20. The summed E-state index contributed by atoms with van der Waals surface area (Å²) in [7, 11) is -3.58. The van der Waals surface area contributed by atoms with Crippen molar-refractivity contribution >= 4 is 44.8 Å². The molecule has 0 spiro atoms. The van der Waals surface area contributed by atoms with Gasteiger partial charge < -0.3 is 5.32 Å². The highest BCUT2D eigenvalue weighted by molar-refractivity contribution is 7.89. The van der Waals surface area contributed by atoms with E-state index < -0.39 is 15.9 Å². The van der Waals surface area contributed by atoms with E-state index in [1.165, 1.54) is 28.6 Å². The number of anilines is 1. The summed E-state index contributed by atoms with van der Waals surface area (Å²) in [6, 6.07) is 10.6. The number of hydrogen-bond acceptors (Lipinski definition) is 3. The first kappa shape index (κ1) is 21.7. The molecule has 2 aromatic rings. The molecule has 0 atom stereocenters. The maximum atomic E-state index is 12.8. The van der Waals surface area contributed by atoms with Gasteiger partial charge in [0.2, 0.25) is 10.0 Å². The SMILES string of the molecule is CCCN(CCC)S(=O)(=O)c1ccc(C(=O)Nc2cc(Cl)ccc2Cl)cc1. The Morgan fingerprint density at radius 2 is 1.59 bits per heavy atom. The highest BCUT2D eigenvalue weighted by Gasteiger charge is 2.23. The van der Waals surface area contributed by atoms with Gasteiger partial charge in [-0.2, -0.15) is 4.31 Å². The van der Waals surface area contributed by atoms with E-state index in [0.717, 1.165) is 12.8 Å². The molecule has 0 aliphatic rings. The molecule has 0 unspecified atom stereocenters. The smallest absolute Gasteiger partial charge is 0.255 e. The van der Waals surface area contributed by atoms with Crippen LogP contribution in [0.1, 0.15) is 37.0 Å². The lowest BCUT2D eigenvalue weighted by molar-refractivity contribution is 0.102. The van der Waals surface area contributed by atoms with Crippen LogP contribution in [0.5, 0.6) is 0 Å². The summed E-state index contributed by atoms with van der Waals surface area (Å²) in [5.41, 5.74) is 0.713. The minimum absolute atomic E-state index is 0.168. The molecule has 146 valence electrons. The van der Waals surface area contributed by atoms with Crippen LogP contribution in [-0.2, 0) is 10.0 Å². The van der Waals surface area contributed by atoms with E-state index in [4.69, 9.17) is 23.2 Å². The molecular weight excluding hydrogens is 407 g/mol. The van der Waals surface area contributed by atoms with Crippen molar-refractivity contribution in [2.45, 2.75) is 31.6 Å². The number of benzene rings is 2. The second-order valence-corrected chi connectivity index (χ2v) is 8.79. The average Bonchev–Trinajstić information content (AvgIpc) is 2.64. The van der Waals surface area contributed by atoms with Crippen molar-refractivity contribution in [1.82, 2.24) is 4.31 Å². The lowest BCUT2D eigenvalue weighted by Gasteiger charge is -2.21. The Morgan fingerprint density at radius 1 is 1.00 bits per heavy atom. The Bertz CT molecular complexity index is 894. The molecule has 27 heavy (non-hydrogen) atoms. The molecule has 0 bridgehead atoms. The molecule has 2 aromatic carbocycles. The molecule has 0 radical (unpaired) electrons. The zero-order valence-corrected chi connectivity index (χ0v) is 17.5. The number of rotatable bonds is 8. The first-order chi connectivity index (χ1) is 12.8. The van der Waals surface area contributed by atoms with E-state index in [9.17, 15) is 13.2 Å². The van der Waals surface area contributed by atoms with E-state index in [-0.39, 0.29) is 4.90 Å². The average molecular weight is 429 g/mol. The predicted molar refractivity (Wildman–Crippen MR) is 110 cm³/mol. The molecule has 0 aromatic heterocycles. The van der Waals surface area contributed by atoms with Crippen molar-refractivity contribution in [2.24, 2.45) is 0 Å². The van der Waals surface area contributed by atoms with Crippen molar-refractivity contribution in [3.8, 4) is 0 Å². The zero-order valence-electron chi connectivity index (χ0n) is 15.2. The third kappa shape index (κ3) is 5.45. The highest BCUT2D eigenvalue weighted by Crippen LogP contribution is 2.26. The maximum absolute atomic E-state index is 12.8. The number of amides is 1. The minimum Gasteiger partial charge on any atom is -0.321 e. The molecule has 2 rings (SSSR count). The van der Waals surface area contributed by atoms with Gasteiger partial charge in [0.1, 0.15) is 0 Å². The van der Waals surface area contributed by atoms with Crippen LogP contribution in [0.15, 0.2) is 47.4 Å². The fourth-order valence-corrected chi connectivity index (χ4v) is 4.53. The molecule has 0 aliphatic carbocycles. The predicted octanol–water partition coefficient (Wildman–Crippen LogP) is 5.06. The molecule has 1 N–H and O–H groups in total. The first-order valence-corrected chi connectivity index (χ1v) is 10.9. The van der Waals surface area contributed by atoms with Gasteiger partial charge in [-0.1, -0.05) is 37.0 Å². The number of hydrogen-bond donors (Lipinski definition) is 1. The van der Waals surface area contributed by atoms with Crippen molar-refractivity contribution in [2.75, 3.05) is 18.4 Å². The molecule has 1 amide bonds. The summed E-state index contributed by atoms with van der Waals surface area (Å²) in [6.07, 6.45) is 1.47. The number of carbonyl (C=O) groups excluding carboxylic acids is 1. The van der Waals surface area contributed by atoms with E-state index in [1.54, 1.807) is 18.2 Å². The molecule has 0 saturated heterocycles. The summed E-state index contributed by atoms with van der Waals surface area (Å²) in [6.45, 7) is 4.80. The molecule has 8 heteroatoms. The summed E-state index contributed by atoms with van der Waals surface area (Å²) < 4.78 is 27.0. The monoisotopic (exact) mass is 428 g/mol. The van der Waals surface area contributed by atoms with Crippen LogP contribution in [0, 0.1) is 0 Å². The molecule has 5 nitrogen and oxygen atoms in total. The van der Waals surface area contributed by atoms with Crippen LogP contribution in [-0.4, -0.2) is 31.7 Å². The highest BCUT2D eigenvalue weighted by atomic mass is 35.5. The van der Waals surface area contributed by atoms with Crippen LogP contribution in [0.25, 0.3) is 0 Å². The van der Waals surface area contributed by atoms with Crippen molar-refractivity contribution in [3.05, 3.63) is 58.1 Å². The molecular formula is C19H22Cl2N2O3S. The Morgan fingerprint density at radius 3 is 2.15 bits per heavy atom. The van der Waals surface area contributed by atoms with Crippen molar-refractivity contribution < 1.29 is 13.2 Å². The quantitative estimate of drug-likeness (QED) is 0.638. The Labute approximate surface area is 170 Å². The number of sulfonamides is 1. The number of halogens is 2. The van der Waals surface area contributed by atoms with Gasteiger partial charge in [-0.25, -0.2) is 8.42 Å². The zero-order chi connectivity index (χ0) is 20.0. The summed E-state index contributed by atoms with van der Waals surface area (Å²) in [4.78, 5) is 12.6. The standard InChI is InChI=1S/C19H22Cl2N2O3S/c1-3-11-23(12-4-2)27(25,26)16-8-5-14(6-9-16)19(24)22-18-13-15(20)7-10-17(18)21/h5-10,13H,3-4,11-12H2,1-2H3,(H,22,24). The van der Waals surface area contributed by atoms with Crippen LogP contribution in [0.4, 0.5) is 5.69 Å². The van der Waals surface area contributed by atoms with Gasteiger partial charge in [0.15, 0.2) is 0 Å². The molecule has 0 aliphatic heterocycles. The number of nitrogens with zero attached hydrogens (tertiary/aromatic N) is 1. The van der Waals surface area contributed by atoms with Gasteiger partial charge in [-0.3, -0.25) is 4.79 Å². The Hall–Kier alpha value is -1.60. The number of carbonyl (C=O) groups is 1. The largest absolute Gasteiger partial charge is 0.321 e. The van der Waals surface area contributed by atoms with Gasteiger partial charge in [0, 0.05) is 23.7 Å². The van der Waals surface area contributed by atoms with Gasteiger partial charge in [0.25, 0.3) is 5.91 Å². The topological polar surface area (TPSA) is 66.5 Å². The van der Waals surface area contributed by atoms with Gasteiger partial charge in [-0.15, -0.1) is 0 Å². The van der Waals surface area contributed by atoms with Crippen molar-refractivity contribution in [1.29, 1.82) is 0 Å². The molecule has 0 saturated carbocycles. The third-order valence-corrected chi connectivity index (χ3v) is 6.35. The summed E-state index contributed by atoms with van der Waals surface area (Å²) in [5.74, 6) is -0.401. The number of nitrogens with one attached hydrogen (secondary N) is 1. The maximum Gasteiger partial charge on any atom is 0.255 e. The van der Waals surface area contributed by atoms with Crippen molar-refractivity contribution in [3.63, 3.8) is 0 Å². The van der Waals surface area contributed by atoms with Crippen LogP contribution >= 0.6 is 23.2 Å². The van der Waals surface area contributed by atoms with Crippen LogP contribution in [0.3, 0.4) is 0 Å². The first-order valence-electron chi connectivity index (χ1n) is 8.66. The fraction of sp³-hybridized carbons (Fsp3) is 0.316. The van der Waals surface area contributed by atoms with Crippen LogP contribution in [0.2, 0.25) is 10.0 Å². The second kappa shape index (κ2) is 9.55. The fourth-order valence-electron chi connectivity index (χ4n) is 2.57. The second-order valence-electron chi connectivity index (χ2n) is 6.01. The summed E-state index contributed by atoms with van der Waals surface area (Å²) in [5, 5.41) is 3.48. The van der Waals surface area contributed by atoms with Gasteiger partial charge in [0.05, 0.1) is 15.6 Å². The lowest BCUT2D eigenvalue weighted by Crippen LogP contribution is -2.32. The van der Waals surface area contributed by atoms with Gasteiger partial charge >= 0.3 is 0 Å². The van der Waals surface area contributed by atoms with Crippen LogP contribution < -0.4 is 5.32 Å². The lowest BCUT2D eigenvalue weighted by atomic mass is 10.2. The summed E-state index contributed by atoms with van der Waals surface area (Å²) >= 11 is 12.0. The molecule has 0 heterocycles. The molecule has 0 fully saturated rings. The Kier molecular flexibility index (Phi) is 7.68. The van der Waals surface area contributed by atoms with E-state index in [1.807, 2.05) is 13.8 Å². The van der Waals surface area contributed by atoms with E-state index >= 15 is 0 Å². The van der Waals surface area contributed by atoms with E-state index in [2.05, 4.69) is 5.32 Å². The van der Waals surface area contributed by atoms with Gasteiger partial charge in [-0.05, 0) is 55.3 Å². The minimum atomic E-state index is -3.58. The van der Waals surface area contributed by atoms with E-state index in [0.29, 0.717) is 34.4 Å². The third-order valence-electron chi connectivity index (χ3n) is 3.88.